The maximum absolute atomic E-state index is 12.2. The zero-order valence-corrected chi connectivity index (χ0v) is 14.2. The van der Waals surface area contributed by atoms with Crippen molar-refractivity contribution in [1.82, 2.24) is 0 Å². The summed E-state index contributed by atoms with van der Waals surface area (Å²) >= 11 is 0. The molecule has 0 radical (unpaired) electrons. The number of benzene rings is 3. The van der Waals surface area contributed by atoms with E-state index < -0.39 is 0 Å². The minimum absolute atomic E-state index is 0.139. The van der Waals surface area contributed by atoms with Gasteiger partial charge in [-0.2, -0.15) is 0 Å². The molecule has 5 nitrogen and oxygen atoms in total. The van der Waals surface area contributed by atoms with Crippen LogP contribution in [-0.4, -0.2) is 26.7 Å². The highest BCUT2D eigenvalue weighted by atomic mass is 16.5. The van der Waals surface area contributed by atoms with Gasteiger partial charge in [-0.1, -0.05) is 36.4 Å². The number of methoxy groups -OCH3 is 2. The van der Waals surface area contributed by atoms with Crippen LogP contribution in [0, 0.1) is 0 Å². The molecule has 0 bridgehead atoms. The lowest BCUT2D eigenvalue weighted by Gasteiger charge is -2.12. The van der Waals surface area contributed by atoms with Crippen LogP contribution in [0.2, 0.25) is 0 Å². The van der Waals surface area contributed by atoms with Crippen molar-refractivity contribution in [2.75, 3.05) is 31.4 Å². The fourth-order valence-electron chi connectivity index (χ4n) is 2.67. The average Bonchev–Trinajstić information content (AvgIpc) is 2.66. The SMILES string of the molecule is COc1ccc(NC(=O)CNc2cccc3ccccc23)cc1OC. The molecule has 0 aliphatic rings. The highest BCUT2D eigenvalue weighted by molar-refractivity contribution is 5.98. The molecule has 128 valence electrons. The van der Waals surface area contributed by atoms with Crippen LogP contribution in [0.3, 0.4) is 0 Å². The molecule has 0 aliphatic carbocycles. The minimum atomic E-state index is -0.139. The smallest absolute Gasteiger partial charge is 0.243 e. The van der Waals surface area contributed by atoms with Crippen molar-refractivity contribution in [1.29, 1.82) is 0 Å². The zero-order chi connectivity index (χ0) is 17.6. The van der Waals surface area contributed by atoms with E-state index in [1.807, 2.05) is 42.5 Å². The Hall–Kier alpha value is -3.21. The molecular weight excluding hydrogens is 316 g/mol. The Labute approximate surface area is 146 Å². The number of ether oxygens (including phenoxy) is 2. The molecule has 5 heteroatoms. The molecule has 0 aliphatic heterocycles. The van der Waals surface area contributed by atoms with E-state index in [-0.39, 0.29) is 12.5 Å². The summed E-state index contributed by atoms with van der Waals surface area (Å²) in [6.45, 7) is 0.169. The maximum atomic E-state index is 12.2. The molecule has 0 spiro atoms. The van der Waals surface area contributed by atoms with E-state index in [2.05, 4.69) is 10.6 Å². The molecule has 25 heavy (non-hydrogen) atoms. The van der Waals surface area contributed by atoms with E-state index in [0.29, 0.717) is 17.2 Å². The molecule has 0 aromatic heterocycles. The summed E-state index contributed by atoms with van der Waals surface area (Å²) in [6.07, 6.45) is 0. The lowest BCUT2D eigenvalue weighted by molar-refractivity contribution is -0.114. The van der Waals surface area contributed by atoms with Crippen LogP contribution in [-0.2, 0) is 4.79 Å². The van der Waals surface area contributed by atoms with Crippen LogP contribution < -0.4 is 20.1 Å². The normalized spacial score (nSPS) is 10.3. The topological polar surface area (TPSA) is 59.6 Å². The molecule has 0 saturated heterocycles. The molecule has 0 atom stereocenters. The fourth-order valence-corrected chi connectivity index (χ4v) is 2.67. The molecule has 3 aromatic carbocycles. The molecule has 3 rings (SSSR count). The summed E-state index contributed by atoms with van der Waals surface area (Å²) in [5.74, 6) is 1.05. The van der Waals surface area contributed by atoms with Crippen molar-refractivity contribution in [3.8, 4) is 11.5 Å². The fraction of sp³-hybridized carbons (Fsp3) is 0.150. The third-order valence-corrected chi connectivity index (χ3v) is 3.90. The van der Waals surface area contributed by atoms with Gasteiger partial charge in [-0.25, -0.2) is 0 Å². The quantitative estimate of drug-likeness (QED) is 0.716. The number of anilines is 2. The molecule has 2 N–H and O–H groups in total. The van der Waals surface area contributed by atoms with Crippen molar-refractivity contribution in [3.05, 3.63) is 60.7 Å². The molecule has 0 saturated carbocycles. The Balaban J connectivity index is 1.67. The van der Waals surface area contributed by atoms with E-state index in [1.165, 1.54) is 0 Å². The van der Waals surface area contributed by atoms with E-state index in [1.54, 1.807) is 32.4 Å². The number of rotatable bonds is 6. The van der Waals surface area contributed by atoms with E-state index in [0.717, 1.165) is 16.5 Å². The first-order valence-corrected chi connectivity index (χ1v) is 7.95. The molecule has 3 aromatic rings. The predicted molar refractivity (Wildman–Crippen MR) is 101 cm³/mol. The van der Waals surface area contributed by atoms with Gasteiger partial charge >= 0.3 is 0 Å². The van der Waals surface area contributed by atoms with Gasteiger partial charge in [-0.3, -0.25) is 4.79 Å². The Morgan fingerprint density at radius 1 is 0.920 bits per heavy atom. The molecular formula is C20H20N2O3. The molecule has 0 fully saturated rings. The standard InChI is InChI=1S/C20H20N2O3/c1-24-18-11-10-15(12-19(18)25-2)22-20(23)13-21-17-9-5-7-14-6-3-4-8-16(14)17/h3-12,21H,13H2,1-2H3,(H,22,23). The molecule has 1 amide bonds. The lowest BCUT2D eigenvalue weighted by atomic mass is 10.1. The Morgan fingerprint density at radius 2 is 1.68 bits per heavy atom. The second kappa shape index (κ2) is 7.57. The van der Waals surface area contributed by atoms with Crippen molar-refractivity contribution < 1.29 is 14.3 Å². The van der Waals surface area contributed by atoms with Crippen molar-refractivity contribution in [3.63, 3.8) is 0 Å². The summed E-state index contributed by atoms with van der Waals surface area (Å²) in [7, 11) is 3.13. The number of hydrogen-bond acceptors (Lipinski definition) is 4. The van der Waals surface area contributed by atoms with Gasteiger partial charge in [0.2, 0.25) is 5.91 Å². The van der Waals surface area contributed by atoms with Gasteiger partial charge in [0.15, 0.2) is 11.5 Å². The Morgan fingerprint density at radius 3 is 2.48 bits per heavy atom. The van der Waals surface area contributed by atoms with Crippen LogP contribution >= 0.6 is 0 Å². The zero-order valence-electron chi connectivity index (χ0n) is 14.2. The maximum Gasteiger partial charge on any atom is 0.243 e. The number of amides is 1. The number of nitrogens with one attached hydrogen (secondary N) is 2. The van der Waals surface area contributed by atoms with Gasteiger partial charge in [0.1, 0.15) is 0 Å². The minimum Gasteiger partial charge on any atom is -0.493 e. The van der Waals surface area contributed by atoms with Crippen molar-refractivity contribution in [2.45, 2.75) is 0 Å². The predicted octanol–water partition coefficient (Wildman–Crippen LogP) is 3.91. The Kier molecular flexibility index (Phi) is 5.04. The highest BCUT2D eigenvalue weighted by Gasteiger charge is 2.08. The van der Waals surface area contributed by atoms with Crippen LogP contribution in [0.25, 0.3) is 10.8 Å². The largest absolute Gasteiger partial charge is 0.493 e. The number of fused-ring (bicyclic) bond motifs is 1. The number of hydrogen-bond donors (Lipinski definition) is 2. The van der Waals surface area contributed by atoms with Crippen molar-refractivity contribution >= 4 is 28.1 Å². The van der Waals surface area contributed by atoms with Gasteiger partial charge in [-0.15, -0.1) is 0 Å². The monoisotopic (exact) mass is 336 g/mol. The first kappa shape index (κ1) is 16.6. The summed E-state index contributed by atoms with van der Waals surface area (Å²) < 4.78 is 10.4. The number of carbonyl (C=O) groups is 1. The third kappa shape index (κ3) is 3.83. The first-order valence-electron chi connectivity index (χ1n) is 7.95. The number of carbonyl (C=O) groups excluding carboxylic acids is 1. The first-order chi connectivity index (χ1) is 12.2. The van der Waals surface area contributed by atoms with Crippen LogP contribution in [0.15, 0.2) is 60.7 Å². The summed E-state index contributed by atoms with van der Waals surface area (Å²) in [5.41, 5.74) is 1.59. The summed E-state index contributed by atoms with van der Waals surface area (Å²) in [6, 6.07) is 19.3. The van der Waals surface area contributed by atoms with Crippen LogP contribution in [0.5, 0.6) is 11.5 Å². The lowest BCUT2D eigenvalue weighted by Crippen LogP contribution is -2.21. The summed E-state index contributed by atoms with van der Waals surface area (Å²) in [5, 5.41) is 8.26. The van der Waals surface area contributed by atoms with Crippen LogP contribution in [0.1, 0.15) is 0 Å². The van der Waals surface area contributed by atoms with Crippen molar-refractivity contribution in [2.24, 2.45) is 0 Å². The van der Waals surface area contributed by atoms with Gasteiger partial charge in [-0.05, 0) is 23.6 Å². The molecule has 0 heterocycles. The van der Waals surface area contributed by atoms with Gasteiger partial charge in [0.25, 0.3) is 0 Å². The van der Waals surface area contributed by atoms with Gasteiger partial charge in [0, 0.05) is 22.8 Å². The Bertz CT molecular complexity index is 888. The van der Waals surface area contributed by atoms with Gasteiger partial charge in [0.05, 0.1) is 20.8 Å². The second-order valence-corrected chi connectivity index (χ2v) is 5.50. The van der Waals surface area contributed by atoms with Crippen LogP contribution in [0.4, 0.5) is 11.4 Å². The molecule has 0 unspecified atom stereocenters. The third-order valence-electron chi connectivity index (χ3n) is 3.90. The van der Waals surface area contributed by atoms with E-state index >= 15 is 0 Å². The summed E-state index contributed by atoms with van der Waals surface area (Å²) in [4.78, 5) is 12.2. The second-order valence-electron chi connectivity index (χ2n) is 5.50. The highest BCUT2D eigenvalue weighted by Crippen LogP contribution is 2.29. The van der Waals surface area contributed by atoms with E-state index in [9.17, 15) is 4.79 Å². The average molecular weight is 336 g/mol. The van der Waals surface area contributed by atoms with E-state index in [4.69, 9.17) is 9.47 Å². The van der Waals surface area contributed by atoms with Gasteiger partial charge < -0.3 is 20.1 Å².